The first-order valence-corrected chi connectivity index (χ1v) is 5.41. The molecule has 0 aliphatic heterocycles. The molecule has 1 heterocycles. The molecule has 2 amide bonds. The van der Waals surface area contributed by atoms with E-state index >= 15 is 0 Å². The summed E-state index contributed by atoms with van der Waals surface area (Å²) >= 11 is 0. The summed E-state index contributed by atoms with van der Waals surface area (Å²) in [5, 5.41) is 16.1. The van der Waals surface area contributed by atoms with E-state index in [0.29, 0.717) is 37.6 Å². The maximum atomic E-state index is 10.4. The third kappa shape index (κ3) is 5.71. The third-order valence-electron chi connectivity index (χ3n) is 1.83. The summed E-state index contributed by atoms with van der Waals surface area (Å²) in [5.41, 5.74) is 4.91. The molecule has 1 aromatic heterocycles. The predicted molar refractivity (Wildman–Crippen MR) is 62.3 cm³/mol. The van der Waals surface area contributed by atoms with E-state index in [1.165, 1.54) is 0 Å². The van der Waals surface area contributed by atoms with E-state index < -0.39 is 6.03 Å². The number of anilines is 1. The highest BCUT2D eigenvalue weighted by atomic mass is 16.4. The third-order valence-corrected chi connectivity index (χ3v) is 1.83. The molecule has 8 nitrogen and oxygen atoms in total. The van der Waals surface area contributed by atoms with Crippen LogP contribution >= 0.6 is 0 Å². The summed E-state index contributed by atoms with van der Waals surface area (Å²) in [6.45, 7) is 5.47. The molecule has 8 heteroatoms. The SMILES string of the molecule is CC(C)NCc1nnc(NCCNC(N)=O)o1. The van der Waals surface area contributed by atoms with Gasteiger partial charge in [-0.15, -0.1) is 5.10 Å². The Kier molecular flexibility index (Phi) is 5.21. The summed E-state index contributed by atoms with van der Waals surface area (Å²) in [4.78, 5) is 10.4. The lowest BCUT2D eigenvalue weighted by molar-refractivity contribution is 0.249. The van der Waals surface area contributed by atoms with Crippen LogP contribution in [0.2, 0.25) is 0 Å². The van der Waals surface area contributed by atoms with E-state index in [4.69, 9.17) is 10.2 Å². The Balaban J connectivity index is 2.23. The Hall–Kier alpha value is -1.83. The van der Waals surface area contributed by atoms with Gasteiger partial charge < -0.3 is 26.1 Å². The molecule has 1 rings (SSSR count). The molecule has 0 fully saturated rings. The number of carbonyl (C=O) groups excluding carboxylic acids is 1. The van der Waals surface area contributed by atoms with Gasteiger partial charge in [-0.25, -0.2) is 4.79 Å². The highest BCUT2D eigenvalue weighted by Crippen LogP contribution is 2.04. The van der Waals surface area contributed by atoms with Gasteiger partial charge in [0.25, 0.3) is 0 Å². The minimum Gasteiger partial charge on any atom is -0.407 e. The largest absolute Gasteiger partial charge is 0.407 e. The first-order chi connectivity index (χ1) is 8.08. The number of nitrogens with one attached hydrogen (secondary N) is 3. The number of primary amides is 1. The molecule has 17 heavy (non-hydrogen) atoms. The Labute approximate surface area is 99.3 Å². The Bertz CT molecular complexity index is 351. The van der Waals surface area contributed by atoms with Crippen LogP contribution in [0.15, 0.2) is 4.42 Å². The number of aromatic nitrogens is 2. The van der Waals surface area contributed by atoms with E-state index in [9.17, 15) is 4.79 Å². The second-order valence-electron chi connectivity index (χ2n) is 3.75. The van der Waals surface area contributed by atoms with Gasteiger partial charge in [-0.3, -0.25) is 0 Å². The number of nitrogens with zero attached hydrogens (tertiary/aromatic N) is 2. The molecule has 0 radical (unpaired) electrons. The highest BCUT2D eigenvalue weighted by Gasteiger charge is 2.05. The summed E-state index contributed by atoms with van der Waals surface area (Å²) in [6.07, 6.45) is 0. The second-order valence-corrected chi connectivity index (χ2v) is 3.75. The van der Waals surface area contributed by atoms with Gasteiger partial charge in [-0.1, -0.05) is 18.9 Å². The van der Waals surface area contributed by atoms with Crippen molar-refractivity contribution in [2.24, 2.45) is 5.73 Å². The Morgan fingerprint density at radius 3 is 2.82 bits per heavy atom. The van der Waals surface area contributed by atoms with Crippen molar-refractivity contribution in [2.75, 3.05) is 18.4 Å². The van der Waals surface area contributed by atoms with Crippen LogP contribution in [0.5, 0.6) is 0 Å². The molecule has 0 aliphatic carbocycles. The maximum absolute atomic E-state index is 10.4. The lowest BCUT2D eigenvalue weighted by Gasteiger charge is -2.03. The quantitative estimate of drug-likeness (QED) is 0.485. The van der Waals surface area contributed by atoms with Crippen LogP contribution < -0.4 is 21.7 Å². The molecule has 96 valence electrons. The van der Waals surface area contributed by atoms with Crippen LogP contribution in [0.25, 0.3) is 0 Å². The zero-order valence-electron chi connectivity index (χ0n) is 9.99. The van der Waals surface area contributed by atoms with Gasteiger partial charge in [-0.2, -0.15) is 0 Å². The first kappa shape index (κ1) is 13.2. The van der Waals surface area contributed by atoms with Crippen molar-refractivity contribution in [1.29, 1.82) is 0 Å². The summed E-state index contributed by atoms with van der Waals surface area (Å²) in [6, 6.07) is 0.133. The first-order valence-electron chi connectivity index (χ1n) is 5.41. The molecule has 0 unspecified atom stereocenters. The van der Waals surface area contributed by atoms with Gasteiger partial charge in [0.15, 0.2) is 0 Å². The minimum absolute atomic E-state index is 0.330. The second kappa shape index (κ2) is 6.69. The minimum atomic E-state index is -0.556. The van der Waals surface area contributed by atoms with Gasteiger partial charge >= 0.3 is 12.0 Å². The molecule has 1 aromatic rings. The van der Waals surface area contributed by atoms with E-state index in [1.807, 2.05) is 13.8 Å². The number of hydrogen-bond acceptors (Lipinski definition) is 6. The molecule has 5 N–H and O–H groups in total. The predicted octanol–water partition coefficient (Wildman–Crippen LogP) is -0.352. The molecule has 0 saturated heterocycles. The highest BCUT2D eigenvalue weighted by molar-refractivity contribution is 5.71. The topological polar surface area (TPSA) is 118 Å². The maximum Gasteiger partial charge on any atom is 0.315 e. The van der Waals surface area contributed by atoms with Crippen molar-refractivity contribution in [2.45, 2.75) is 26.4 Å². The van der Waals surface area contributed by atoms with Crippen molar-refractivity contribution < 1.29 is 9.21 Å². The standard InChI is InChI=1S/C9H18N6O2/c1-6(2)13-5-7-14-15-9(17-7)12-4-3-11-8(10)16/h6,13H,3-5H2,1-2H3,(H,12,15)(H3,10,11,16). The van der Waals surface area contributed by atoms with Crippen LogP contribution in [0.4, 0.5) is 10.8 Å². The zero-order valence-corrected chi connectivity index (χ0v) is 9.99. The molecule has 0 aliphatic rings. The average molecular weight is 242 g/mol. The van der Waals surface area contributed by atoms with Gasteiger partial charge in [-0.05, 0) is 0 Å². The fourth-order valence-electron chi connectivity index (χ4n) is 1.04. The number of amides is 2. The summed E-state index contributed by atoms with van der Waals surface area (Å²) in [5.74, 6) is 0.518. The van der Waals surface area contributed by atoms with Crippen molar-refractivity contribution >= 4 is 12.0 Å². The molecule has 0 spiro atoms. The number of carbonyl (C=O) groups is 1. The number of urea groups is 1. The van der Waals surface area contributed by atoms with Gasteiger partial charge in [0.1, 0.15) is 0 Å². The van der Waals surface area contributed by atoms with Gasteiger partial charge in [0.05, 0.1) is 6.54 Å². The summed E-state index contributed by atoms with van der Waals surface area (Å²) in [7, 11) is 0. The Morgan fingerprint density at radius 2 is 2.18 bits per heavy atom. The zero-order chi connectivity index (χ0) is 12.7. The van der Waals surface area contributed by atoms with Gasteiger partial charge in [0.2, 0.25) is 5.89 Å². The smallest absolute Gasteiger partial charge is 0.315 e. The van der Waals surface area contributed by atoms with Crippen molar-refractivity contribution in [3.63, 3.8) is 0 Å². The fourth-order valence-corrected chi connectivity index (χ4v) is 1.04. The molecule has 0 aromatic carbocycles. The molecule has 0 bridgehead atoms. The van der Waals surface area contributed by atoms with Crippen LogP contribution in [0, 0.1) is 0 Å². The van der Waals surface area contributed by atoms with Gasteiger partial charge in [0, 0.05) is 19.1 Å². The lowest BCUT2D eigenvalue weighted by atomic mass is 10.4. The van der Waals surface area contributed by atoms with Crippen molar-refractivity contribution in [1.82, 2.24) is 20.8 Å². The van der Waals surface area contributed by atoms with E-state index in [-0.39, 0.29) is 0 Å². The Morgan fingerprint density at radius 1 is 1.41 bits per heavy atom. The van der Waals surface area contributed by atoms with Crippen LogP contribution in [0.3, 0.4) is 0 Å². The monoisotopic (exact) mass is 242 g/mol. The van der Waals surface area contributed by atoms with E-state index in [0.717, 1.165) is 0 Å². The molecule has 0 atom stereocenters. The fraction of sp³-hybridized carbons (Fsp3) is 0.667. The molecule has 0 saturated carbocycles. The van der Waals surface area contributed by atoms with Crippen LogP contribution in [0.1, 0.15) is 19.7 Å². The van der Waals surface area contributed by atoms with E-state index in [2.05, 4.69) is 26.1 Å². The normalized spacial score (nSPS) is 10.5. The number of rotatable bonds is 7. The average Bonchev–Trinajstić information content (AvgIpc) is 2.69. The molecular weight excluding hydrogens is 224 g/mol. The van der Waals surface area contributed by atoms with E-state index in [1.54, 1.807) is 0 Å². The lowest BCUT2D eigenvalue weighted by Crippen LogP contribution is -2.33. The van der Waals surface area contributed by atoms with Crippen molar-refractivity contribution in [3.05, 3.63) is 5.89 Å². The molecular formula is C9H18N6O2. The van der Waals surface area contributed by atoms with Crippen molar-refractivity contribution in [3.8, 4) is 0 Å². The number of nitrogens with two attached hydrogens (primary N) is 1. The van der Waals surface area contributed by atoms with Crippen LogP contribution in [-0.4, -0.2) is 35.4 Å². The number of hydrogen-bond donors (Lipinski definition) is 4. The summed E-state index contributed by atoms with van der Waals surface area (Å²) < 4.78 is 5.30. The van der Waals surface area contributed by atoms with Crippen LogP contribution in [-0.2, 0) is 6.54 Å².